The van der Waals surface area contributed by atoms with E-state index in [4.69, 9.17) is 4.74 Å². The lowest BCUT2D eigenvalue weighted by Crippen LogP contribution is -2.31. The topological polar surface area (TPSA) is 21.3 Å². The van der Waals surface area contributed by atoms with Gasteiger partial charge in [0.15, 0.2) is 0 Å². The molecule has 0 radical (unpaired) electrons. The van der Waals surface area contributed by atoms with Gasteiger partial charge in [-0.05, 0) is 50.0 Å². The zero-order chi connectivity index (χ0) is 12.8. The van der Waals surface area contributed by atoms with E-state index in [1.54, 1.807) is 0 Å². The minimum atomic E-state index is 0.805. The van der Waals surface area contributed by atoms with Gasteiger partial charge in [-0.3, -0.25) is 0 Å². The lowest BCUT2D eigenvalue weighted by molar-refractivity contribution is 0.0630. The maximum atomic E-state index is 5.42. The minimum absolute atomic E-state index is 0.805. The standard InChI is InChI=1S/C16H31NO/c1-3-17-16(15-12-13(15)2)7-5-4-6-14-8-10-18-11-9-14/h13-17H,3-12H2,1-2H3. The summed E-state index contributed by atoms with van der Waals surface area (Å²) in [5.74, 6) is 2.91. The molecule has 2 rings (SSSR count). The van der Waals surface area contributed by atoms with E-state index in [-0.39, 0.29) is 0 Å². The van der Waals surface area contributed by atoms with Crippen molar-refractivity contribution in [1.82, 2.24) is 5.32 Å². The van der Waals surface area contributed by atoms with Crippen molar-refractivity contribution in [3.8, 4) is 0 Å². The molecule has 1 saturated heterocycles. The Labute approximate surface area is 113 Å². The largest absolute Gasteiger partial charge is 0.381 e. The fraction of sp³-hybridized carbons (Fsp3) is 1.00. The second-order valence-corrected chi connectivity index (χ2v) is 6.38. The molecule has 0 bridgehead atoms. The third kappa shape index (κ3) is 4.55. The van der Waals surface area contributed by atoms with E-state index in [1.165, 1.54) is 44.9 Å². The molecule has 0 spiro atoms. The highest BCUT2D eigenvalue weighted by atomic mass is 16.5. The van der Waals surface area contributed by atoms with Crippen LogP contribution in [0.4, 0.5) is 0 Å². The lowest BCUT2D eigenvalue weighted by Gasteiger charge is -2.22. The summed E-state index contributed by atoms with van der Waals surface area (Å²) in [6.45, 7) is 7.78. The van der Waals surface area contributed by atoms with Crippen LogP contribution in [0.5, 0.6) is 0 Å². The molecule has 1 heterocycles. The van der Waals surface area contributed by atoms with Crippen LogP contribution >= 0.6 is 0 Å². The summed E-state index contributed by atoms with van der Waals surface area (Å²) in [5.41, 5.74) is 0. The summed E-state index contributed by atoms with van der Waals surface area (Å²) in [6.07, 6.45) is 9.73. The molecule has 18 heavy (non-hydrogen) atoms. The number of rotatable bonds is 8. The van der Waals surface area contributed by atoms with Gasteiger partial charge in [0, 0.05) is 19.3 Å². The first kappa shape index (κ1) is 14.3. The minimum Gasteiger partial charge on any atom is -0.381 e. The molecule has 2 heteroatoms. The zero-order valence-corrected chi connectivity index (χ0v) is 12.3. The molecule has 1 saturated carbocycles. The fourth-order valence-corrected chi connectivity index (χ4v) is 3.47. The van der Waals surface area contributed by atoms with Gasteiger partial charge >= 0.3 is 0 Å². The average Bonchev–Trinajstić information content (AvgIpc) is 3.11. The van der Waals surface area contributed by atoms with Crippen LogP contribution in [0.25, 0.3) is 0 Å². The molecular formula is C16H31NO. The van der Waals surface area contributed by atoms with Gasteiger partial charge < -0.3 is 10.1 Å². The Balaban J connectivity index is 1.55. The van der Waals surface area contributed by atoms with Crippen molar-refractivity contribution in [2.24, 2.45) is 17.8 Å². The molecule has 0 aromatic carbocycles. The summed E-state index contributed by atoms with van der Waals surface area (Å²) in [7, 11) is 0. The number of hydrogen-bond donors (Lipinski definition) is 1. The van der Waals surface area contributed by atoms with Crippen LogP contribution in [-0.4, -0.2) is 25.8 Å². The van der Waals surface area contributed by atoms with Crippen LogP contribution in [-0.2, 0) is 4.74 Å². The summed E-state index contributed by atoms with van der Waals surface area (Å²) in [6, 6.07) is 0.805. The van der Waals surface area contributed by atoms with E-state index in [1.807, 2.05) is 0 Å². The molecule has 2 fully saturated rings. The van der Waals surface area contributed by atoms with E-state index < -0.39 is 0 Å². The average molecular weight is 253 g/mol. The smallest absolute Gasteiger partial charge is 0.0468 e. The summed E-state index contributed by atoms with van der Waals surface area (Å²) in [5, 5.41) is 3.69. The van der Waals surface area contributed by atoms with Crippen molar-refractivity contribution >= 4 is 0 Å². The van der Waals surface area contributed by atoms with Gasteiger partial charge in [-0.2, -0.15) is 0 Å². The van der Waals surface area contributed by atoms with E-state index >= 15 is 0 Å². The van der Waals surface area contributed by atoms with Crippen LogP contribution in [0, 0.1) is 17.8 Å². The van der Waals surface area contributed by atoms with Crippen LogP contribution in [0.2, 0.25) is 0 Å². The molecule has 0 aromatic rings. The zero-order valence-electron chi connectivity index (χ0n) is 12.3. The Morgan fingerprint density at radius 2 is 1.94 bits per heavy atom. The van der Waals surface area contributed by atoms with Crippen molar-refractivity contribution < 1.29 is 4.74 Å². The van der Waals surface area contributed by atoms with Crippen LogP contribution in [0.1, 0.15) is 58.8 Å². The van der Waals surface area contributed by atoms with Gasteiger partial charge in [-0.1, -0.05) is 33.1 Å². The van der Waals surface area contributed by atoms with E-state index in [9.17, 15) is 0 Å². The Bertz CT molecular complexity index is 225. The Morgan fingerprint density at radius 1 is 1.22 bits per heavy atom. The van der Waals surface area contributed by atoms with Gasteiger partial charge in [0.05, 0.1) is 0 Å². The first-order valence-electron chi connectivity index (χ1n) is 8.12. The van der Waals surface area contributed by atoms with Gasteiger partial charge in [-0.15, -0.1) is 0 Å². The predicted molar refractivity (Wildman–Crippen MR) is 76.7 cm³/mol. The van der Waals surface area contributed by atoms with Gasteiger partial charge in [0.1, 0.15) is 0 Å². The summed E-state index contributed by atoms with van der Waals surface area (Å²) >= 11 is 0. The summed E-state index contributed by atoms with van der Waals surface area (Å²) in [4.78, 5) is 0. The molecule has 3 unspecified atom stereocenters. The molecule has 106 valence electrons. The normalized spacial score (nSPS) is 30.3. The highest BCUT2D eigenvalue weighted by molar-refractivity contribution is 4.92. The molecule has 0 amide bonds. The third-order valence-electron chi connectivity index (χ3n) is 4.87. The van der Waals surface area contributed by atoms with Crippen molar-refractivity contribution in [2.75, 3.05) is 19.8 Å². The number of ether oxygens (including phenoxy) is 1. The lowest BCUT2D eigenvalue weighted by atomic mass is 9.92. The Hall–Kier alpha value is -0.0800. The molecule has 2 aliphatic rings. The quantitative estimate of drug-likeness (QED) is 0.667. The van der Waals surface area contributed by atoms with Gasteiger partial charge in [0.2, 0.25) is 0 Å². The van der Waals surface area contributed by atoms with E-state index in [0.717, 1.165) is 43.6 Å². The SMILES string of the molecule is CCNC(CCCCC1CCOCC1)C1CC1C. The van der Waals surface area contributed by atoms with Crippen molar-refractivity contribution in [3.05, 3.63) is 0 Å². The first-order valence-corrected chi connectivity index (χ1v) is 8.12. The highest BCUT2D eigenvalue weighted by Crippen LogP contribution is 2.42. The van der Waals surface area contributed by atoms with E-state index in [0.29, 0.717) is 0 Å². The first-order chi connectivity index (χ1) is 8.81. The van der Waals surface area contributed by atoms with Crippen molar-refractivity contribution in [3.63, 3.8) is 0 Å². The third-order valence-corrected chi connectivity index (χ3v) is 4.87. The van der Waals surface area contributed by atoms with E-state index in [2.05, 4.69) is 19.2 Å². The van der Waals surface area contributed by atoms with Crippen molar-refractivity contribution in [1.29, 1.82) is 0 Å². The predicted octanol–water partition coefficient (Wildman–Crippen LogP) is 3.61. The molecule has 1 aliphatic carbocycles. The van der Waals surface area contributed by atoms with Crippen LogP contribution < -0.4 is 5.32 Å². The second-order valence-electron chi connectivity index (χ2n) is 6.38. The number of nitrogens with one attached hydrogen (secondary N) is 1. The van der Waals surface area contributed by atoms with Gasteiger partial charge in [-0.25, -0.2) is 0 Å². The highest BCUT2D eigenvalue weighted by Gasteiger charge is 2.38. The van der Waals surface area contributed by atoms with Crippen molar-refractivity contribution in [2.45, 2.75) is 64.8 Å². The monoisotopic (exact) mass is 253 g/mol. The number of hydrogen-bond acceptors (Lipinski definition) is 2. The molecule has 1 N–H and O–H groups in total. The number of unbranched alkanes of at least 4 members (excludes halogenated alkanes) is 1. The second kappa shape index (κ2) is 7.49. The molecule has 3 atom stereocenters. The van der Waals surface area contributed by atoms with Gasteiger partial charge in [0.25, 0.3) is 0 Å². The molecular weight excluding hydrogens is 222 g/mol. The fourth-order valence-electron chi connectivity index (χ4n) is 3.47. The Kier molecular flexibility index (Phi) is 5.97. The summed E-state index contributed by atoms with van der Waals surface area (Å²) < 4.78 is 5.42. The van der Waals surface area contributed by atoms with Crippen LogP contribution in [0.3, 0.4) is 0 Å². The molecule has 1 aliphatic heterocycles. The maximum Gasteiger partial charge on any atom is 0.0468 e. The molecule has 2 nitrogen and oxygen atoms in total. The maximum absolute atomic E-state index is 5.42. The Morgan fingerprint density at radius 3 is 2.56 bits per heavy atom. The molecule has 0 aromatic heterocycles. The van der Waals surface area contributed by atoms with Crippen LogP contribution in [0.15, 0.2) is 0 Å².